The summed E-state index contributed by atoms with van der Waals surface area (Å²) in [5.74, 6) is -0.0951. The van der Waals surface area contributed by atoms with Crippen LogP contribution in [0, 0.1) is 39.0 Å². The first-order chi connectivity index (χ1) is 11.3. The van der Waals surface area contributed by atoms with Gasteiger partial charge in [-0.2, -0.15) is 5.26 Å². The molecule has 2 aromatic rings. The molecule has 0 spiro atoms. The second-order valence-corrected chi connectivity index (χ2v) is 7.22. The zero-order chi connectivity index (χ0) is 17.9. The summed E-state index contributed by atoms with van der Waals surface area (Å²) in [6.45, 7) is 9.55. The Morgan fingerprint density at radius 1 is 1.21 bits per heavy atom. The van der Waals surface area contributed by atoms with Gasteiger partial charge in [-0.05, 0) is 57.4 Å². The number of pyridine rings is 1. The fourth-order valence-electron chi connectivity index (χ4n) is 2.48. The third kappa shape index (κ3) is 3.95. The lowest BCUT2D eigenvalue weighted by Gasteiger charge is -2.16. The van der Waals surface area contributed by atoms with Crippen LogP contribution in [0.25, 0.3) is 0 Å². The summed E-state index contributed by atoms with van der Waals surface area (Å²) >= 11 is 1.32. The number of carbonyl (C=O) groups is 1. The van der Waals surface area contributed by atoms with Crippen molar-refractivity contribution in [3.63, 3.8) is 0 Å². The first-order valence-corrected chi connectivity index (χ1v) is 8.63. The van der Waals surface area contributed by atoms with Crippen molar-refractivity contribution in [2.45, 2.75) is 44.9 Å². The van der Waals surface area contributed by atoms with Crippen molar-refractivity contribution in [1.82, 2.24) is 4.98 Å². The molecule has 1 amide bonds. The van der Waals surface area contributed by atoms with Crippen molar-refractivity contribution in [3.8, 4) is 6.07 Å². The molecule has 1 aromatic carbocycles. The minimum absolute atomic E-state index is 0.0951. The molecule has 1 atom stereocenters. The number of benzene rings is 1. The van der Waals surface area contributed by atoms with E-state index in [0.29, 0.717) is 10.6 Å². The normalized spacial score (nSPS) is 11.7. The van der Waals surface area contributed by atoms with Gasteiger partial charge < -0.3 is 5.32 Å². The van der Waals surface area contributed by atoms with E-state index in [1.165, 1.54) is 11.8 Å². The van der Waals surface area contributed by atoms with Crippen molar-refractivity contribution in [2.75, 3.05) is 5.32 Å². The number of nitriles is 1. The van der Waals surface area contributed by atoms with Crippen LogP contribution in [0.3, 0.4) is 0 Å². The molecular formula is C19H21N3OS. The van der Waals surface area contributed by atoms with Gasteiger partial charge in [-0.1, -0.05) is 30.0 Å². The number of thioether (sulfide) groups is 1. The zero-order valence-corrected chi connectivity index (χ0v) is 15.4. The number of nitrogens with zero attached hydrogens (tertiary/aromatic N) is 2. The lowest BCUT2D eigenvalue weighted by molar-refractivity contribution is -0.115. The Morgan fingerprint density at radius 2 is 1.83 bits per heavy atom. The van der Waals surface area contributed by atoms with Crippen LogP contribution in [0.15, 0.2) is 29.3 Å². The molecule has 4 nitrogen and oxygen atoms in total. The highest BCUT2D eigenvalue weighted by Crippen LogP contribution is 2.28. The minimum atomic E-state index is -0.357. The van der Waals surface area contributed by atoms with E-state index in [9.17, 15) is 10.1 Å². The SMILES string of the molecule is Cc1cc(C)c(C#N)c(SC(C)C(=O)Nc2c(C)cccc2C)n1. The van der Waals surface area contributed by atoms with Gasteiger partial charge in [-0.25, -0.2) is 4.98 Å². The van der Waals surface area contributed by atoms with E-state index in [2.05, 4.69) is 16.4 Å². The van der Waals surface area contributed by atoms with Gasteiger partial charge in [-0.15, -0.1) is 0 Å². The predicted molar refractivity (Wildman–Crippen MR) is 98.3 cm³/mol. The second-order valence-electron chi connectivity index (χ2n) is 5.89. The van der Waals surface area contributed by atoms with Crippen LogP contribution in [0.4, 0.5) is 5.69 Å². The molecule has 1 unspecified atom stereocenters. The van der Waals surface area contributed by atoms with E-state index >= 15 is 0 Å². The number of aromatic nitrogens is 1. The van der Waals surface area contributed by atoms with Gasteiger partial charge in [0.15, 0.2) is 0 Å². The van der Waals surface area contributed by atoms with Crippen LogP contribution >= 0.6 is 11.8 Å². The Hall–Kier alpha value is -2.32. The van der Waals surface area contributed by atoms with Crippen LogP contribution in [-0.4, -0.2) is 16.1 Å². The lowest BCUT2D eigenvalue weighted by atomic mass is 10.1. The fraction of sp³-hybridized carbons (Fsp3) is 0.316. The number of rotatable bonds is 4. The molecule has 0 aliphatic heterocycles. The molecule has 24 heavy (non-hydrogen) atoms. The molecule has 0 aliphatic rings. The maximum absolute atomic E-state index is 12.5. The third-order valence-electron chi connectivity index (χ3n) is 3.81. The molecular weight excluding hydrogens is 318 g/mol. The van der Waals surface area contributed by atoms with Crippen LogP contribution < -0.4 is 5.32 Å². The Morgan fingerprint density at radius 3 is 2.42 bits per heavy atom. The molecule has 0 radical (unpaired) electrons. The average molecular weight is 339 g/mol. The molecule has 0 saturated carbocycles. The van der Waals surface area contributed by atoms with Crippen LogP contribution in [-0.2, 0) is 4.79 Å². The highest BCUT2D eigenvalue weighted by atomic mass is 32.2. The largest absolute Gasteiger partial charge is 0.325 e. The number of anilines is 1. The van der Waals surface area contributed by atoms with Crippen molar-refractivity contribution in [3.05, 3.63) is 52.2 Å². The summed E-state index contributed by atoms with van der Waals surface area (Å²) in [5.41, 5.74) is 5.18. The third-order valence-corrected chi connectivity index (χ3v) is 4.90. The monoisotopic (exact) mass is 339 g/mol. The van der Waals surface area contributed by atoms with Crippen molar-refractivity contribution >= 4 is 23.4 Å². The van der Waals surface area contributed by atoms with Gasteiger partial charge in [0.1, 0.15) is 11.1 Å². The summed E-state index contributed by atoms with van der Waals surface area (Å²) in [6.07, 6.45) is 0. The van der Waals surface area contributed by atoms with Crippen LogP contribution in [0.1, 0.15) is 34.9 Å². The highest BCUT2D eigenvalue weighted by Gasteiger charge is 2.19. The number of aryl methyl sites for hydroxylation is 4. The Bertz CT molecular complexity index is 804. The average Bonchev–Trinajstić information content (AvgIpc) is 2.50. The molecule has 1 heterocycles. The van der Waals surface area contributed by atoms with E-state index in [4.69, 9.17) is 0 Å². The van der Waals surface area contributed by atoms with Gasteiger partial charge in [-0.3, -0.25) is 4.79 Å². The molecule has 124 valence electrons. The maximum atomic E-state index is 12.5. The number of amides is 1. The fourth-order valence-corrected chi connectivity index (χ4v) is 3.50. The molecule has 0 bridgehead atoms. The van der Waals surface area contributed by atoms with Crippen molar-refractivity contribution in [1.29, 1.82) is 5.26 Å². The predicted octanol–water partition coefficient (Wildman–Crippen LogP) is 4.31. The van der Waals surface area contributed by atoms with Crippen molar-refractivity contribution in [2.24, 2.45) is 0 Å². The number of para-hydroxylation sites is 1. The first-order valence-electron chi connectivity index (χ1n) is 7.75. The quantitative estimate of drug-likeness (QED) is 0.843. The Balaban J connectivity index is 2.20. The number of nitrogens with one attached hydrogen (secondary N) is 1. The first kappa shape index (κ1) is 18.0. The lowest BCUT2D eigenvalue weighted by Crippen LogP contribution is -2.23. The van der Waals surface area contributed by atoms with E-state index < -0.39 is 0 Å². The van der Waals surface area contributed by atoms with E-state index in [-0.39, 0.29) is 11.2 Å². The molecule has 0 aliphatic carbocycles. The van der Waals surface area contributed by atoms with Crippen LogP contribution in [0.2, 0.25) is 0 Å². The summed E-state index contributed by atoms with van der Waals surface area (Å²) in [5, 5.41) is 12.6. The van der Waals surface area contributed by atoms with Gasteiger partial charge in [0.05, 0.1) is 10.8 Å². The van der Waals surface area contributed by atoms with E-state index in [0.717, 1.165) is 28.1 Å². The summed E-state index contributed by atoms with van der Waals surface area (Å²) < 4.78 is 0. The van der Waals surface area contributed by atoms with E-state index in [1.807, 2.05) is 58.9 Å². The van der Waals surface area contributed by atoms with Crippen molar-refractivity contribution < 1.29 is 4.79 Å². The summed E-state index contributed by atoms with van der Waals surface area (Å²) in [7, 11) is 0. The Labute approximate surface area is 147 Å². The molecule has 2 rings (SSSR count). The summed E-state index contributed by atoms with van der Waals surface area (Å²) in [6, 6.07) is 9.98. The zero-order valence-electron chi connectivity index (χ0n) is 14.6. The maximum Gasteiger partial charge on any atom is 0.237 e. The molecule has 0 fully saturated rings. The molecule has 5 heteroatoms. The van der Waals surface area contributed by atoms with E-state index in [1.54, 1.807) is 0 Å². The van der Waals surface area contributed by atoms with Crippen LogP contribution in [0.5, 0.6) is 0 Å². The minimum Gasteiger partial charge on any atom is -0.325 e. The van der Waals surface area contributed by atoms with Gasteiger partial charge in [0.25, 0.3) is 0 Å². The van der Waals surface area contributed by atoms with Gasteiger partial charge >= 0.3 is 0 Å². The van der Waals surface area contributed by atoms with Gasteiger partial charge in [0, 0.05) is 11.4 Å². The number of hydrogen-bond donors (Lipinski definition) is 1. The molecule has 1 aromatic heterocycles. The topological polar surface area (TPSA) is 65.8 Å². The second kappa shape index (κ2) is 7.50. The number of carbonyl (C=O) groups excluding carboxylic acids is 1. The standard InChI is InChI=1S/C19H21N3OS/c1-11-7-6-8-12(2)17(11)22-18(23)15(5)24-19-16(10-20)13(3)9-14(4)21-19/h6-9,15H,1-5H3,(H,22,23). The smallest absolute Gasteiger partial charge is 0.237 e. The molecule has 1 N–H and O–H groups in total. The van der Waals surface area contributed by atoms with Gasteiger partial charge in [0.2, 0.25) is 5.91 Å². The number of hydrogen-bond acceptors (Lipinski definition) is 4. The highest BCUT2D eigenvalue weighted by molar-refractivity contribution is 8.00. The summed E-state index contributed by atoms with van der Waals surface area (Å²) in [4.78, 5) is 17.0. The molecule has 0 saturated heterocycles. The Kier molecular flexibility index (Phi) is 5.63.